The second kappa shape index (κ2) is 6.98. The predicted molar refractivity (Wildman–Crippen MR) is 132 cm³/mol. The third-order valence-electron chi connectivity index (χ3n) is 6.16. The van der Waals surface area contributed by atoms with Crippen molar-refractivity contribution in [2.75, 3.05) is 0 Å². The van der Waals surface area contributed by atoms with Gasteiger partial charge >= 0.3 is 0 Å². The molecule has 0 atom stereocenters. The van der Waals surface area contributed by atoms with Gasteiger partial charge in [0, 0.05) is 10.8 Å². The van der Waals surface area contributed by atoms with Gasteiger partial charge in [-0.3, -0.25) is 0 Å². The fourth-order valence-corrected chi connectivity index (χ4v) is 4.69. The molecule has 154 valence electrons. The van der Waals surface area contributed by atoms with Gasteiger partial charge in [-0.05, 0) is 71.4 Å². The van der Waals surface area contributed by atoms with E-state index in [4.69, 9.17) is 13.1 Å². The molecule has 6 aromatic rings. The van der Waals surface area contributed by atoms with Crippen molar-refractivity contribution in [3.05, 3.63) is 107 Å². The van der Waals surface area contributed by atoms with Gasteiger partial charge in [0.2, 0.25) is 0 Å². The molecular formula is C28H12N6. The molecule has 4 aromatic carbocycles. The number of nitrogens with zero attached hydrogens (tertiary/aromatic N) is 6. The molecule has 0 aliphatic rings. The topological polar surface area (TPSA) is 66.2 Å². The number of nitriles is 2. The monoisotopic (exact) mass is 432 g/mol. The first-order valence-corrected chi connectivity index (χ1v) is 10.4. The largest absolute Gasteiger partial charge is 0.248 e. The Labute approximate surface area is 193 Å². The highest BCUT2D eigenvalue weighted by Crippen LogP contribution is 2.38. The molecule has 0 saturated heterocycles. The van der Waals surface area contributed by atoms with Gasteiger partial charge in [-0.15, -0.1) is 0 Å². The molecule has 0 aliphatic carbocycles. The zero-order chi connectivity index (χ0) is 23.4. The minimum Gasteiger partial charge on any atom is -0.248 e. The summed E-state index contributed by atoms with van der Waals surface area (Å²) in [4.78, 5) is 7.18. The summed E-state index contributed by atoms with van der Waals surface area (Å²) in [5.41, 5.74) is 5.67. The van der Waals surface area contributed by atoms with Crippen molar-refractivity contribution >= 4 is 55.0 Å². The first-order chi connectivity index (χ1) is 16.7. The highest BCUT2D eigenvalue weighted by molar-refractivity contribution is 6.13. The number of aromatic nitrogens is 2. The Morgan fingerprint density at radius 1 is 0.529 bits per heavy atom. The average Bonchev–Trinajstić information content (AvgIpc) is 3.38. The molecule has 34 heavy (non-hydrogen) atoms. The molecule has 6 nitrogen and oxygen atoms in total. The van der Waals surface area contributed by atoms with Gasteiger partial charge in [-0.1, -0.05) is 12.1 Å². The number of hydrogen-bond donors (Lipinski definition) is 0. The van der Waals surface area contributed by atoms with E-state index in [-0.39, 0.29) is 0 Å². The van der Waals surface area contributed by atoms with Crippen LogP contribution in [0.25, 0.3) is 53.3 Å². The van der Waals surface area contributed by atoms with Crippen molar-refractivity contribution in [3.8, 4) is 12.1 Å². The van der Waals surface area contributed by atoms with Crippen molar-refractivity contribution < 1.29 is 0 Å². The van der Waals surface area contributed by atoms with Gasteiger partial charge in [0.25, 0.3) is 0 Å². The zero-order valence-corrected chi connectivity index (χ0v) is 17.6. The summed E-state index contributed by atoms with van der Waals surface area (Å²) in [6, 6.07) is 26.6. The van der Waals surface area contributed by atoms with E-state index in [9.17, 15) is 10.5 Å². The van der Waals surface area contributed by atoms with E-state index in [1.807, 2.05) is 48.5 Å². The summed E-state index contributed by atoms with van der Waals surface area (Å²) in [5.74, 6) is 0. The minimum atomic E-state index is 0.525. The Kier molecular flexibility index (Phi) is 3.93. The van der Waals surface area contributed by atoms with Crippen LogP contribution in [0, 0.1) is 35.8 Å². The Bertz CT molecular complexity index is 1720. The molecule has 0 bridgehead atoms. The lowest BCUT2D eigenvalue weighted by molar-refractivity contribution is 0.775. The first-order valence-electron chi connectivity index (χ1n) is 10.4. The molecule has 6 heteroatoms. The molecule has 0 N–H and O–H groups in total. The van der Waals surface area contributed by atoms with Crippen LogP contribution in [0.5, 0.6) is 0 Å². The standard InChI is InChI=1S/C28H12N6/c1-31-19-5-9-27-23(13-19)21-11-17(15-29)3-7-25(21)33(27)34-26-8-4-18(16-30)12-22(26)24-14-20(32-2)6-10-28(24)34/h3-14H. The molecular weight excluding hydrogens is 420 g/mol. The van der Waals surface area contributed by atoms with Crippen LogP contribution in [0.2, 0.25) is 0 Å². The first kappa shape index (κ1) is 19.1. The van der Waals surface area contributed by atoms with Crippen molar-refractivity contribution in [1.29, 1.82) is 10.5 Å². The Hall–Kier alpha value is -5.56. The molecule has 0 spiro atoms. The summed E-state index contributed by atoms with van der Waals surface area (Å²) in [6.07, 6.45) is 0. The molecule has 0 unspecified atom stereocenters. The third-order valence-corrected chi connectivity index (χ3v) is 6.16. The van der Waals surface area contributed by atoms with Gasteiger partial charge in [0.05, 0.1) is 58.5 Å². The van der Waals surface area contributed by atoms with Crippen LogP contribution in [-0.4, -0.2) is 9.35 Å². The van der Waals surface area contributed by atoms with Crippen LogP contribution in [0.1, 0.15) is 11.1 Å². The molecule has 2 aromatic heterocycles. The molecule has 0 radical (unpaired) electrons. The Balaban J connectivity index is 1.86. The summed E-state index contributed by atoms with van der Waals surface area (Å²) < 4.78 is 4.15. The van der Waals surface area contributed by atoms with Gasteiger partial charge in [-0.2, -0.15) is 10.5 Å². The summed E-state index contributed by atoms with van der Waals surface area (Å²) in [6.45, 7) is 14.9. The van der Waals surface area contributed by atoms with E-state index in [0.717, 1.165) is 43.6 Å². The maximum Gasteiger partial charge on any atom is 0.188 e. The fourth-order valence-electron chi connectivity index (χ4n) is 4.69. The molecule has 2 heterocycles. The number of benzene rings is 4. The highest BCUT2D eigenvalue weighted by atomic mass is 15.5. The second-order valence-electron chi connectivity index (χ2n) is 7.94. The third kappa shape index (κ3) is 2.52. The lowest BCUT2D eigenvalue weighted by atomic mass is 10.1. The van der Waals surface area contributed by atoms with Gasteiger partial charge in [-0.25, -0.2) is 19.0 Å². The lowest BCUT2D eigenvalue weighted by Gasteiger charge is -2.13. The van der Waals surface area contributed by atoms with Crippen LogP contribution in [0.3, 0.4) is 0 Å². The number of rotatable bonds is 1. The lowest BCUT2D eigenvalue weighted by Crippen LogP contribution is -2.08. The Morgan fingerprint density at radius 2 is 0.882 bits per heavy atom. The molecule has 0 amide bonds. The van der Waals surface area contributed by atoms with Gasteiger partial charge < -0.3 is 0 Å². The normalized spacial score (nSPS) is 10.8. The van der Waals surface area contributed by atoms with E-state index in [0.29, 0.717) is 22.5 Å². The summed E-state index contributed by atoms with van der Waals surface area (Å²) in [7, 11) is 0. The van der Waals surface area contributed by atoms with Crippen molar-refractivity contribution in [2.24, 2.45) is 0 Å². The van der Waals surface area contributed by atoms with E-state index in [2.05, 4.69) is 31.2 Å². The molecule has 0 saturated carbocycles. The van der Waals surface area contributed by atoms with Gasteiger partial charge in [0.15, 0.2) is 11.4 Å². The van der Waals surface area contributed by atoms with Crippen LogP contribution in [0.15, 0.2) is 72.8 Å². The van der Waals surface area contributed by atoms with Crippen molar-refractivity contribution in [1.82, 2.24) is 9.35 Å². The van der Waals surface area contributed by atoms with Crippen molar-refractivity contribution in [3.63, 3.8) is 0 Å². The van der Waals surface area contributed by atoms with Crippen LogP contribution < -0.4 is 0 Å². The smallest absolute Gasteiger partial charge is 0.188 e. The SMILES string of the molecule is [C-]#[N+]c1ccc2c(c1)c1cc(C#N)ccc1n2-n1c2ccc(C#N)cc2c2cc([N+]#[C-])ccc21. The van der Waals surface area contributed by atoms with E-state index in [1.165, 1.54) is 0 Å². The molecule has 0 aliphatic heterocycles. The highest BCUT2D eigenvalue weighted by Gasteiger charge is 2.19. The van der Waals surface area contributed by atoms with Crippen LogP contribution >= 0.6 is 0 Å². The van der Waals surface area contributed by atoms with E-state index in [1.54, 1.807) is 24.3 Å². The number of fused-ring (bicyclic) bond motifs is 6. The maximum absolute atomic E-state index is 9.48. The van der Waals surface area contributed by atoms with E-state index < -0.39 is 0 Å². The Morgan fingerprint density at radius 3 is 1.24 bits per heavy atom. The minimum absolute atomic E-state index is 0.525. The van der Waals surface area contributed by atoms with Gasteiger partial charge in [0.1, 0.15) is 0 Å². The second-order valence-corrected chi connectivity index (χ2v) is 7.94. The quantitative estimate of drug-likeness (QED) is 0.261. The predicted octanol–water partition coefficient (Wildman–Crippen LogP) is 7.06. The van der Waals surface area contributed by atoms with Crippen LogP contribution in [0.4, 0.5) is 11.4 Å². The molecule has 0 fully saturated rings. The van der Waals surface area contributed by atoms with Crippen molar-refractivity contribution in [2.45, 2.75) is 0 Å². The van der Waals surface area contributed by atoms with E-state index >= 15 is 0 Å². The summed E-state index contributed by atoms with van der Waals surface area (Å²) in [5, 5.41) is 22.5. The molecule has 6 rings (SSSR count). The maximum atomic E-state index is 9.48. The average molecular weight is 432 g/mol. The fraction of sp³-hybridized carbons (Fsp3) is 0. The summed E-state index contributed by atoms with van der Waals surface area (Å²) >= 11 is 0. The zero-order valence-electron chi connectivity index (χ0n) is 17.6. The number of hydrogen-bond acceptors (Lipinski definition) is 2. The van der Waals surface area contributed by atoms with Crippen LogP contribution in [-0.2, 0) is 0 Å².